The fraction of sp³-hybridized carbons (Fsp3) is 0.333. The lowest BCUT2D eigenvalue weighted by atomic mass is 9.98. The van der Waals surface area contributed by atoms with Gasteiger partial charge >= 0.3 is 0 Å². The van der Waals surface area contributed by atoms with E-state index in [-0.39, 0.29) is 0 Å². The average molecular weight is 268 g/mol. The second-order valence-corrected chi connectivity index (χ2v) is 5.45. The summed E-state index contributed by atoms with van der Waals surface area (Å²) in [7, 11) is 1.65. The van der Waals surface area contributed by atoms with Gasteiger partial charge in [0.1, 0.15) is 5.75 Å². The third-order valence-electron chi connectivity index (χ3n) is 4.09. The van der Waals surface area contributed by atoms with Gasteiger partial charge in [0.05, 0.1) is 13.2 Å². The van der Waals surface area contributed by atoms with Crippen LogP contribution in [-0.2, 0) is 19.3 Å². The third-order valence-corrected chi connectivity index (χ3v) is 4.09. The van der Waals surface area contributed by atoms with E-state index >= 15 is 0 Å². The maximum Gasteiger partial charge on any atom is 0.118 e. The minimum atomic E-state index is -0.458. The number of hydrogen-bond donors (Lipinski definition) is 1. The molecule has 0 saturated carbocycles. The molecule has 1 N–H and O–H groups in total. The molecule has 0 amide bonds. The van der Waals surface area contributed by atoms with Gasteiger partial charge in [-0.15, -0.1) is 0 Å². The second-order valence-electron chi connectivity index (χ2n) is 5.45. The lowest BCUT2D eigenvalue weighted by Gasteiger charge is -2.13. The van der Waals surface area contributed by atoms with Gasteiger partial charge in [0.25, 0.3) is 0 Å². The van der Waals surface area contributed by atoms with Gasteiger partial charge in [-0.25, -0.2) is 0 Å². The molecule has 1 aliphatic carbocycles. The Morgan fingerprint density at radius 3 is 2.55 bits per heavy atom. The smallest absolute Gasteiger partial charge is 0.118 e. The topological polar surface area (TPSA) is 29.5 Å². The molecule has 20 heavy (non-hydrogen) atoms. The molecule has 3 rings (SSSR count). The highest BCUT2D eigenvalue weighted by molar-refractivity contribution is 5.36. The summed E-state index contributed by atoms with van der Waals surface area (Å²) >= 11 is 0. The molecule has 0 saturated heterocycles. The van der Waals surface area contributed by atoms with Crippen LogP contribution in [0.4, 0.5) is 0 Å². The molecule has 0 fully saturated rings. The summed E-state index contributed by atoms with van der Waals surface area (Å²) < 4.78 is 5.14. The van der Waals surface area contributed by atoms with E-state index in [2.05, 4.69) is 18.2 Å². The molecule has 0 spiro atoms. The molecule has 2 aromatic rings. The van der Waals surface area contributed by atoms with Crippen molar-refractivity contribution in [3.05, 3.63) is 64.7 Å². The zero-order valence-corrected chi connectivity index (χ0v) is 11.8. The van der Waals surface area contributed by atoms with Gasteiger partial charge in [0.2, 0.25) is 0 Å². The Hall–Kier alpha value is -1.80. The predicted octanol–water partition coefficient (Wildman–Crippen LogP) is 3.46. The maximum atomic E-state index is 10.3. The Bertz CT molecular complexity index is 587. The van der Waals surface area contributed by atoms with E-state index in [0.717, 1.165) is 11.3 Å². The normalized spacial score (nSPS) is 14.9. The first-order valence-corrected chi connectivity index (χ1v) is 7.19. The van der Waals surface area contributed by atoms with E-state index in [9.17, 15) is 5.11 Å². The van der Waals surface area contributed by atoms with E-state index in [1.54, 1.807) is 7.11 Å². The Kier molecular flexibility index (Phi) is 3.75. The first kappa shape index (κ1) is 13.2. The summed E-state index contributed by atoms with van der Waals surface area (Å²) in [6.07, 6.45) is 3.86. The number of ether oxygens (including phenoxy) is 1. The van der Waals surface area contributed by atoms with Gasteiger partial charge in [-0.2, -0.15) is 0 Å². The van der Waals surface area contributed by atoms with Crippen LogP contribution in [0, 0.1) is 0 Å². The summed E-state index contributed by atoms with van der Waals surface area (Å²) in [4.78, 5) is 0. The standard InChI is InChI=1S/C18H20O2/c1-20-17-9-7-15(8-10-17)18(19)12-13-5-6-14-3-2-4-16(14)11-13/h5-11,18-19H,2-4,12H2,1H3. The SMILES string of the molecule is COc1ccc(C(O)Cc2ccc3c(c2)CCC3)cc1. The number of aryl methyl sites for hydroxylation is 2. The predicted molar refractivity (Wildman–Crippen MR) is 80.1 cm³/mol. The zero-order valence-electron chi connectivity index (χ0n) is 11.8. The van der Waals surface area contributed by atoms with Crippen LogP contribution < -0.4 is 4.74 Å². The summed E-state index contributed by atoms with van der Waals surface area (Å²) in [5, 5.41) is 10.3. The molecule has 2 nitrogen and oxygen atoms in total. The Morgan fingerprint density at radius 1 is 1.05 bits per heavy atom. The summed E-state index contributed by atoms with van der Waals surface area (Å²) in [6.45, 7) is 0. The molecule has 2 heteroatoms. The second kappa shape index (κ2) is 5.68. The molecule has 1 unspecified atom stereocenters. The molecule has 0 aliphatic heterocycles. The first-order chi connectivity index (χ1) is 9.76. The number of rotatable bonds is 4. The van der Waals surface area contributed by atoms with Crippen molar-refractivity contribution in [3.63, 3.8) is 0 Å². The van der Waals surface area contributed by atoms with Crippen LogP contribution in [-0.4, -0.2) is 12.2 Å². The zero-order chi connectivity index (χ0) is 13.9. The fourth-order valence-electron chi connectivity index (χ4n) is 2.92. The number of aliphatic hydroxyl groups is 1. The van der Waals surface area contributed by atoms with Gasteiger partial charge in [-0.05, 0) is 53.6 Å². The van der Waals surface area contributed by atoms with Crippen molar-refractivity contribution < 1.29 is 9.84 Å². The molecular formula is C18H20O2. The van der Waals surface area contributed by atoms with E-state index in [0.29, 0.717) is 6.42 Å². The molecule has 0 aromatic heterocycles. The Morgan fingerprint density at radius 2 is 1.80 bits per heavy atom. The first-order valence-electron chi connectivity index (χ1n) is 7.19. The lowest BCUT2D eigenvalue weighted by molar-refractivity contribution is 0.178. The van der Waals surface area contributed by atoms with E-state index < -0.39 is 6.10 Å². The highest BCUT2D eigenvalue weighted by Crippen LogP contribution is 2.26. The third kappa shape index (κ3) is 2.70. The van der Waals surface area contributed by atoms with Crippen LogP contribution in [0.2, 0.25) is 0 Å². The van der Waals surface area contributed by atoms with Gasteiger partial charge in [0.15, 0.2) is 0 Å². The van der Waals surface area contributed by atoms with E-state index in [1.165, 1.54) is 36.0 Å². The Labute approximate surface area is 120 Å². The van der Waals surface area contributed by atoms with Crippen molar-refractivity contribution in [2.45, 2.75) is 31.8 Å². The van der Waals surface area contributed by atoms with Gasteiger partial charge in [0, 0.05) is 6.42 Å². The van der Waals surface area contributed by atoms with Crippen molar-refractivity contribution in [1.29, 1.82) is 0 Å². The summed E-state index contributed by atoms with van der Waals surface area (Å²) in [5.41, 5.74) is 5.09. The molecule has 0 heterocycles. The molecule has 1 atom stereocenters. The number of benzene rings is 2. The molecule has 0 radical (unpaired) electrons. The fourth-order valence-corrected chi connectivity index (χ4v) is 2.92. The van der Waals surface area contributed by atoms with Crippen LogP contribution >= 0.6 is 0 Å². The molecule has 104 valence electrons. The molecule has 1 aliphatic rings. The number of aliphatic hydroxyl groups excluding tert-OH is 1. The quantitative estimate of drug-likeness (QED) is 0.920. The largest absolute Gasteiger partial charge is 0.497 e. The van der Waals surface area contributed by atoms with Crippen LogP contribution in [0.1, 0.15) is 34.8 Å². The van der Waals surface area contributed by atoms with Gasteiger partial charge in [-0.3, -0.25) is 0 Å². The van der Waals surface area contributed by atoms with E-state index in [1.807, 2.05) is 24.3 Å². The van der Waals surface area contributed by atoms with E-state index in [4.69, 9.17) is 4.74 Å². The maximum absolute atomic E-state index is 10.3. The number of fused-ring (bicyclic) bond motifs is 1. The minimum absolute atomic E-state index is 0.458. The van der Waals surface area contributed by atoms with Crippen LogP contribution in [0.25, 0.3) is 0 Å². The van der Waals surface area contributed by atoms with Crippen molar-refractivity contribution in [2.75, 3.05) is 7.11 Å². The van der Waals surface area contributed by atoms with Gasteiger partial charge in [-0.1, -0.05) is 30.3 Å². The van der Waals surface area contributed by atoms with Crippen molar-refractivity contribution in [3.8, 4) is 5.75 Å². The Balaban J connectivity index is 1.73. The van der Waals surface area contributed by atoms with Crippen LogP contribution in [0.15, 0.2) is 42.5 Å². The highest BCUT2D eigenvalue weighted by atomic mass is 16.5. The minimum Gasteiger partial charge on any atom is -0.497 e. The summed E-state index contributed by atoms with van der Waals surface area (Å²) in [6, 6.07) is 14.3. The molecule has 2 aromatic carbocycles. The number of methoxy groups -OCH3 is 1. The lowest BCUT2D eigenvalue weighted by Crippen LogP contribution is -2.02. The number of hydrogen-bond acceptors (Lipinski definition) is 2. The van der Waals surface area contributed by atoms with Crippen molar-refractivity contribution >= 4 is 0 Å². The average Bonchev–Trinajstić information content (AvgIpc) is 2.95. The van der Waals surface area contributed by atoms with Crippen molar-refractivity contribution in [2.24, 2.45) is 0 Å². The van der Waals surface area contributed by atoms with Gasteiger partial charge < -0.3 is 9.84 Å². The summed E-state index contributed by atoms with van der Waals surface area (Å²) in [5.74, 6) is 0.818. The van der Waals surface area contributed by atoms with Crippen molar-refractivity contribution in [1.82, 2.24) is 0 Å². The molecular weight excluding hydrogens is 248 g/mol. The van der Waals surface area contributed by atoms with Crippen LogP contribution in [0.3, 0.4) is 0 Å². The van der Waals surface area contributed by atoms with Crippen LogP contribution in [0.5, 0.6) is 5.75 Å². The molecule has 0 bridgehead atoms. The monoisotopic (exact) mass is 268 g/mol. The highest BCUT2D eigenvalue weighted by Gasteiger charge is 2.13.